The molecule has 2 amide bonds. The van der Waals surface area contributed by atoms with Crippen molar-refractivity contribution in [1.82, 2.24) is 0 Å². The van der Waals surface area contributed by atoms with Crippen LogP contribution in [-0.2, 0) is 15.0 Å². The highest BCUT2D eigenvalue weighted by Gasteiger charge is 2.40. The maximum atomic E-state index is 13.4. The third-order valence-electron chi connectivity index (χ3n) is 5.53. The Morgan fingerprint density at radius 3 is 1.94 bits per heavy atom. The Morgan fingerprint density at radius 1 is 0.781 bits per heavy atom. The molecule has 0 bridgehead atoms. The second-order valence-corrected chi connectivity index (χ2v) is 9.43. The van der Waals surface area contributed by atoms with E-state index in [1.54, 1.807) is 24.3 Å². The van der Waals surface area contributed by atoms with E-state index in [0.29, 0.717) is 21.8 Å². The van der Waals surface area contributed by atoms with Crippen LogP contribution in [0.1, 0.15) is 37.5 Å². The molecule has 5 heteroatoms. The summed E-state index contributed by atoms with van der Waals surface area (Å²) < 4.78 is 0. The molecule has 1 heterocycles. The molecule has 0 fully saturated rings. The summed E-state index contributed by atoms with van der Waals surface area (Å²) in [6.07, 6.45) is 0. The highest BCUT2D eigenvalue weighted by atomic mass is 35.5. The Morgan fingerprint density at radius 2 is 1.38 bits per heavy atom. The predicted molar refractivity (Wildman–Crippen MR) is 131 cm³/mol. The minimum absolute atomic E-state index is 0.0232. The highest BCUT2D eigenvalue weighted by molar-refractivity contribution is 6.46. The summed E-state index contributed by atoms with van der Waals surface area (Å²) >= 11 is 6.00. The molecule has 3 aromatic rings. The van der Waals surface area contributed by atoms with Gasteiger partial charge in [0.05, 0.1) is 11.3 Å². The minimum Gasteiger partial charge on any atom is -0.350 e. The smallest absolute Gasteiger partial charge is 0.282 e. The van der Waals surface area contributed by atoms with Gasteiger partial charge in [-0.05, 0) is 59.9 Å². The fraction of sp³-hybridized carbons (Fsp3) is 0.185. The highest BCUT2D eigenvalue weighted by Crippen LogP contribution is 2.34. The lowest BCUT2D eigenvalue weighted by Crippen LogP contribution is -2.32. The number of hydrogen-bond acceptors (Lipinski definition) is 3. The molecule has 0 atom stereocenters. The van der Waals surface area contributed by atoms with Crippen LogP contribution in [0.4, 0.5) is 11.4 Å². The second-order valence-electron chi connectivity index (χ2n) is 8.99. The van der Waals surface area contributed by atoms with Crippen LogP contribution >= 0.6 is 11.6 Å². The third kappa shape index (κ3) is 4.19. The van der Waals surface area contributed by atoms with E-state index in [4.69, 9.17) is 11.6 Å². The first-order valence-corrected chi connectivity index (χ1v) is 10.9. The van der Waals surface area contributed by atoms with Crippen LogP contribution in [0.5, 0.6) is 0 Å². The topological polar surface area (TPSA) is 49.4 Å². The van der Waals surface area contributed by atoms with Gasteiger partial charge in [-0.2, -0.15) is 0 Å². The molecule has 0 aromatic heterocycles. The number of amides is 2. The van der Waals surface area contributed by atoms with Gasteiger partial charge in [-0.1, -0.05) is 74.3 Å². The van der Waals surface area contributed by atoms with Gasteiger partial charge >= 0.3 is 0 Å². The maximum Gasteiger partial charge on any atom is 0.282 e. The molecule has 1 N–H and O–H groups in total. The quantitative estimate of drug-likeness (QED) is 0.477. The van der Waals surface area contributed by atoms with Gasteiger partial charge in [0.15, 0.2) is 0 Å². The summed E-state index contributed by atoms with van der Waals surface area (Å²) in [6.45, 7) is 8.43. The number of nitrogens with zero attached hydrogens (tertiary/aromatic N) is 1. The van der Waals surface area contributed by atoms with Crippen LogP contribution in [-0.4, -0.2) is 11.8 Å². The van der Waals surface area contributed by atoms with Gasteiger partial charge in [-0.3, -0.25) is 9.59 Å². The van der Waals surface area contributed by atoms with Crippen molar-refractivity contribution in [2.24, 2.45) is 0 Å². The van der Waals surface area contributed by atoms with E-state index in [9.17, 15) is 9.59 Å². The van der Waals surface area contributed by atoms with Crippen molar-refractivity contribution >= 4 is 40.4 Å². The average Bonchev–Trinajstić information content (AvgIpc) is 2.99. The predicted octanol–water partition coefficient (Wildman–Crippen LogP) is 6.34. The van der Waals surface area contributed by atoms with E-state index in [-0.39, 0.29) is 17.0 Å². The SMILES string of the molecule is Cc1ccc(C2=C(Nc3ccc(C(C)(C)C)cc3)C(=O)N(c3ccc(Cl)cc3)C2=O)cc1. The molecule has 0 saturated carbocycles. The van der Waals surface area contributed by atoms with Crippen LogP contribution in [0.2, 0.25) is 5.02 Å². The van der Waals surface area contributed by atoms with Gasteiger partial charge in [0.25, 0.3) is 11.8 Å². The molecule has 4 nitrogen and oxygen atoms in total. The minimum atomic E-state index is -0.396. The number of carbonyl (C=O) groups excluding carboxylic acids is 2. The molecule has 0 radical (unpaired) electrons. The van der Waals surface area contributed by atoms with Crippen LogP contribution in [0.3, 0.4) is 0 Å². The summed E-state index contributed by atoms with van der Waals surface area (Å²) in [5.74, 6) is -0.761. The molecule has 32 heavy (non-hydrogen) atoms. The first-order chi connectivity index (χ1) is 15.1. The zero-order chi connectivity index (χ0) is 23.0. The molecule has 0 aliphatic carbocycles. The van der Waals surface area contributed by atoms with Crippen molar-refractivity contribution in [3.05, 3.63) is 100 Å². The number of anilines is 2. The Hall–Kier alpha value is -3.37. The Bertz CT molecular complexity index is 1200. The lowest BCUT2D eigenvalue weighted by molar-refractivity contribution is -0.120. The largest absolute Gasteiger partial charge is 0.350 e. The molecule has 3 aromatic carbocycles. The molecule has 0 spiro atoms. The van der Waals surface area contributed by atoms with Gasteiger partial charge < -0.3 is 5.32 Å². The fourth-order valence-corrected chi connectivity index (χ4v) is 3.78. The normalized spacial score (nSPS) is 14.3. The van der Waals surface area contributed by atoms with E-state index in [1.165, 1.54) is 10.5 Å². The van der Waals surface area contributed by atoms with Crippen LogP contribution in [0, 0.1) is 6.92 Å². The van der Waals surface area contributed by atoms with Crippen molar-refractivity contribution in [2.45, 2.75) is 33.1 Å². The summed E-state index contributed by atoms with van der Waals surface area (Å²) in [5, 5.41) is 3.75. The van der Waals surface area contributed by atoms with Crippen molar-refractivity contribution < 1.29 is 9.59 Å². The first kappa shape index (κ1) is 21.8. The number of rotatable bonds is 4. The first-order valence-electron chi connectivity index (χ1n) is 10.5. The number of aryl methyl sites for hydroxylation is 1. The van der Waals surface area contributed by atoms with Gasteiger partial charge in [0.2, 0.25) is 0 Å². The lowest BCUT2D eigenvalue weighted by Gasteiger charge is -2.19. The Kier molecular flexibility index (Phi) is 5.66. The van der Waals surface area contributed by atoms with Gasteiger partial charge in [-0.25, -0.2) is 4.90 Å². The fourth-order valence-electron chi connectivity index (χ4n) is 3.66. The monoisotopic (exact) mass is 444 g/mol. The summed E-state index contributed by atoms with van der Waals surface area (Å²) in [5.41, 5.74) is 4.82. The standard InChI is InChI=1S/C27H25ClN2O2/c1-17-5-7-18(8-6-17)23-24(29-21-13-9-19(10-14-21)27(2,3)4)26(32)30(25(23)31)22-15-11-20(28)12-16-22/h5-16,29H,1-4H3. The molecule has 162 valence electrons. The number of carbonyl (C=O) groups is 2. The third-order valence-corrected chi connectivity index (χ3v) is 5.78. The molecule has 1 aliphatic heterocycles. The summed E-state index contributed by atoms with van der Waals surface area (Å²) in [6, 6.07) is 22.2. The van der Waals surface area contributed by atoms with E-state index in [1.807, 2.05) is 55.5 Å². The van der Waals surface area contributed by atoms with Crippen molar-refractivity contribution in [2.75, 3.05) is 10.2 Å². The number of nitrogens with one attached hydrogen (secondary N) is 1. The molecular weight excluding hydrogens is 420 g/mol. The van der Waals surface area contributed by atoms with Crippen molar-refractivity contribution in [1.29, 1.82) is 0 Å². The van der Waals surface area contributed by atoms with E-state index >= 15 is 0 Å². The maximum absolute atomic E-state index is 13.4. The van der Waals surface area contributed by atoms with E-state index in [2.05, 4.69) is 26.1 Å². The number of benzene rings is 3. The summed E-state index contributed by atoms with van der Waals surface area (Å²) in [4.78, 5) is 28.1. The summed E-state index contributed by atoms with van der Waals surface area (Å²) in [7, 11) is 0. The van der Waals surface area contributed by atoms with Crippen LogP contribution in [0.25, 0.3) is 5.57 Å². The van der Waals surface area contributed by atoms with Crippen LogP contribution in [0.15, 0.2) is 78.5 Å². The second kappa shape index (κ2) is 8.29. The van der Waals surface area contributed by atoms with Crippen LogP contribution < -0.4 is 10.2 Å². The average molecular weight is 445 g/mol. The van der Waals surface area contributed by atoms with Gasteiger partial charge in [0.1, 0.15) is 5.70 Å². The van der Waals surface area contributed by atoms with Gasteiger partial charge in [-0.15, -0.1) is 0 Å². The van der Waals surface area contributed by atoms with E-state index < -0.39 is 5.91 Å². The zero-order valence-corrected chi connectivity index (χ0v) is 19.3. The molecule has 4 rings (SSSR count). The zero-order valence-electron chi connectivity index (χ0n) is 18.6. The number of hydrogen-bond donors (Lipinski definition) is 1. The molecule has 0 saturated heterocycles. The van der Waals surface area contributed by atoms with Gasteiger partial charge in [0, 0.05) is 10.7 Å². The lowest BCUT2D eigenvalue weighted by atomic mass is 9.87. The Balaban J connectivity index is 1.77. The number of halogens is 1. The number of imide groups is 1. The Labute approximate surface area is 193 Å². The molecular formula is C27H25ClN2O2. The van der Waals surface area contributed by atoms with Crippen molar-refractivity contribution in [3.8, 4) is 0 Å². The van der Waals surface area contributed by atoms with Crippen molar-refractivity contribution in [3.63, 3.8) is 0 Å². The molecule has 0 unspecified atom stereocenters. The van der Waals surface area contributed by atoms with E-state index in [0.717, 1.165) is 11.3 Å². The molecule has 1 aliphatic rings.